The highest BCUT2D eigenvalue weighted by Crippen LogP contribution is 1.95. The maximum atomic E-state index is 10.6. The van der Waals surface area contributed by atoms with Crippen LogP contribution in [-0.2, 0) is 4.79 Å². The summed E-state index contributed by atoms with van der Waals surface area (Å²) in [5.41, 5.74) is 2.70. The van der Waals surface area contributed by atoms with Gasteiger partial charge in [0.1, 0.15) is 0 Å². The van der Waals surface area contributed by atoms with Crippen LogP contribution in [-0.4, -0.2) is 10.9 Å². The van der Waals surface area contributed by atoms with Gasteiger partial charge in [-0.25, -0.2) is 5.84 Å². The Kier molecular flexibility index (Phi) is 2.98. The number of nitrogens with zero attached hydrogens (tertiary/aromatic N) is 1. The number of carbonyl (C=O) groups is 1. The van der Waals surface area contributed by atoms with E-state index >= 15 is 0 Å². The summed E-state index contributed by atoms with van der Waals surface area (Å²) in [4.78, 5) is 14.6. The Morgan fingerprint density at radius 2 is 2.42 bits per heavy atom. The Hall–Kier alpha value is -1.68. The van der Waals surface area contributed by atoms with Crippen molar-refractivity contribution >= 4 is 12.0 Å². The lowest BCUT2D eigenvalue weighted by atomic mass is 10.3. The average Bonchev–Trinajstić information content (AvgIpc) is 2.16. The van der Waals surface area contributed by atoms with Crippen molar-refractivity contribution in [2.24, 2.45) is 5.84 Å². The van der Waals surface area contributed by atoms with Gasteiger partial charge in [-0.15, -0.1) is 0 Å². The number of hydrazine groups is 1. The molecule has 0 aliphatic carbocycles. The molecule has 1 aromatic rings. The predicted octanol–water partition coefficient (Wildman–Crippen LogP) is 0.0847. The first-order valence-electron chi connectivity index (χ1n) is 3.42. The summed E-state index contributed by atoms with van der Waals surface area (Å²) < 4.78 is 0. The van der Waals surface area contributed by atoms with E-state index < -0.39 is 0 Å². The molecule has 1 aromatic heterocycles. The Bertz CT molecular complexity index is 282. The number of amides is 1. The van der Waals surface area contributed by atoms with E-state index in [-0.39, 0.29) is 5.91 Å². The molecule has 0 fully saturated rings. The molecule has 0 spiro atoms. The van der Waals surface area contributed by atoms with E-state index in [0.29, 0.717) is 0 Å². The second kappa shape index (κ2) is 4.25. The maximum Gasteiger partial charge on any atom is 0.257 e. The van der Waals surface area contributed by atoms with E-state index in [1.807, 2.05) is 11.5 Å². The molecule has 62 valence electrons. The largest absolute Gasteiger partial charge is 0.291 e. The van der Waals surface area contributed by atoms with Gasteiger partial charge >= 0.3 is 0 Å². The van der Waals surface area contributed by atoms with Crippen LogP contribution in [0.2, 0.25) is 0 Å². The average molecular weight is 163 g/mol. The van der Waals surface area contributed by atoms with E-state index in [1.54, 1.807) is 24.4 Å². The van der Waals surface area contributed by atoms with Crippen LogP contribution in [0.4, 0.5) is 0 Å². The van der Waals surface area contributed by atoms with Crippen LogP contribution < -0.4 is 11.3 Å². The molecule has 0 bridgehead atoms. The van der Waals surface area contributed by atoms with E-state index in [1.165, 1.54) is 6.08 Å². The summed E-state index contributed by atoms with van der Waals surface area (Å²) in [6.07, 6.45) is 4.56. The third-order valence-corrected chi connectivity index (χ3v) is 1.24. The van der Waals surface area contributed by atoms with Crippen molar-refractivity contribution in [1.82, 2.24) is 10.4 Å². The first-order chi connectivity index (χ1) is 5.83. The van der Waals surface area contributed by atoms with Crippen LogP contribution >= 0.6 is 0 Å². The van der Waals surface area contributed by atoms with Gasteiger partial charge in [0.25, 0.3) is 5.91 Å². The lowest BCUT2D eigenvalue weighted by molar-refractivity contribution is -0.116. The molecule has 0 aliphatic heterocycles. The minimum Gasteiger partial charge on any atom is -0.291 e. The van der Waals surface area contributed by atoms with Crippen molar-refractivity contribution in [2.45, 2.75) is 0 Å². The van der Waals surface area contributed by atoms with Gasteiger partial charge in [0.2, 0.25) is 0 Å². The molecule has 1 heterocycles. The number of rotatable bonds is 2. The third kappa shape index (κ3) is 2.51. The van der Waals surface area contributed by atoms with Crippen LogP contribution in [0.15, 0.2) is 30.5 Å². The van der Waals surface area contributed by atoms with Crippen molar-refractivity contribution < 1.29 is 4.79 Å². The number of nitrogens with one attached hydrogen (secondary N) is 1. The summed E-state index contributed by atoms with van der Waals surface area (Å²) in [5, 5.41) is 0. The second-order valence-corrected chi connectivity index (χ2v) is 2.10. The zero-order valence-electron chi connectivity index (χ0n) is 6.40. The van der Waals surface area contributed by atoms with Crippen molar-refractivity contribution in [3.63, 3.8) is 0 Å². The summed E-state index contributed by atoms with van der Waals surface area (Å²) >= 11 is 0. The molecular formula is C8H9N3O. The Morgan fingerprint density at radius 1 is 1.58 bits per heavy atom. The Labute approximate surface area is 70.1 Å². The van der Waals surface area contributed by atoms with E-state index in [4.69, 9.17) is 5.84 Å². The fraction of sp³-hybridized carbons (Fsp3) is 0. The molecule has 0 radical (unpaired) electrons. The zero-order valence-corrected chi connectivity index (χ0v) is 6.40. The maximum absolute atomic E-state index is 10.6. The monoisotopic (exact) mass is 163 g/mol. The molecule has 4 nitrogen and oxygen atoms in total. The number of carbonyl (C=O) groups excluding carboxylic acids is 1. The van der Waals surface area contributed by atoms with Crippen molar-refractivity contribution in [1.29, 1.82) is 0 Å². The predicted molar refractivity (Wildman–Crippen MR) is 45.6 cm³/mol. The normalized spacial score (nSPS) is 10.1. The van der Waals surface area contributed by atoms with Gasteiger partial charge in [-0.05, 0) is 18.2 Å². The van der Waals surface area contributed by atoms with E-state index in [9.17, 15) is 4.79 Å². The van der Waals surface area contributed by atoms with Gasteiger partial charge in [0.15, 0.2) is 0 Å². The number of nitrogens with two attached hydrogens (primary N) is 1. The fourth-order valence-corrected chi connectivity index (χ4v) is 0.684. The van der Waals surface area contributed by atoms with Gasteiger partial charge in [-0.2, -0.15) is 0 Å². The highest BCUT2D eigenvalue weighted by molar-refractivity contribution is 5.90. The minimum atomic E-state index is -0.347. The molecule has 0 aliphatic rings. The summed E-state index contributed by atoms with van der Waals surface area (Å²) in [6, 6.07) is 5.44. The third-order valence-electron chi connectivity index (χ3n) is 1.24. The van der Waals surface area contributed by atoms with Crippen LogP contribution in [0.1, 0.15) is 5.69 Å². The van der Waals surface area contributed by atoms with Gasteiger partial charge in [0, 0.05) is 12.3 Å². The van der Waals surface area contributed by atoms with Gasteiger partial charge in [-0.1, -0.05) is 6.07 Å². The number of hydrogen-bond acceptors (Lipinski definition) is 3. The Morgan fingerprint density at radius 3 is 3.00 bits per heavy atom. The fourth-order valence-electron chi connectivity index (χ4n) is 0.684. The zero-order chi connectivity index (χ0) is 8.81. The molecule has 1 amide bonds. The van der Waals surface area contributed by atoms with Crippen LogP contribution in [0.3, 0.4) is 0 Å². The molecule has 3 N–H and O–H groups in total. The lowest BCUT2D eigenvalue weighted by Crippen LogP contribution is -2.27. The Balaban J connectivity index is 2.64. The standard InChI is InChI=1S/C8H9N3O/c9-11-8(12)5-4-7-3-1-2-6-10-7/h1-6H,9H2,(H,11,12). The van der Waals surface area contributed by atoms with Crippen molar-refractivity contribution in [2.75, 3.05) is 0 Å². The first kappa shape index (κ1) is 8.42. The SMILES string of the molecule is NNC(=O)C=Cc1ccccn1. The quantitative estimate of drug-likeness (QED) is 0.281. The topological polar surface area (TPSA) is 68.0 Å². The van der Waals surface area contributed by atoms with Gasteiger partial charge < -0.3 is 0 Å². The lowest BCUT2D eigenvalue weighted by Gasteiger charge is -1.90. The number of aromatic nitrogens is 1. The van der Waals surface area contributed by atoms with E-state index in [0.717, 1.165) is 5.69 Å². The van der Waals surface area contributed by atoms with Crippen LogP contribution in [0, 0.1) is 0 Å². The molecule has 0 saturated heterocycles. The van der Waals surface area contributed by atoms with Gasteiger partial charge in [-0.3, -0.25) is 15.2 Å². The molecule has 0 aromatic carbocycles. The highest BCUT2D eigenvalue weighted by atomic mass is 16.2. The van der Waals surface area contributed by atoms with Crippen molar-refractivity contribution in [3.8, 4) is 0 Å². The summed E-state index contributed by atoms with van der Waals surface area (Å²) in [7, 11) is 0. The molecule has 0 unspecified atom stereocenters. The first-order valence-corrected chi connectivity index (χ1v) is 3.42. The minimum absolute atomic E-state index is 0.347. The smallest absolute Gasteiger partial charge is 0.257 e. The summed E-state index contributed by atoms with van der Waals surface area (Å²) in [5.74, 6) is 4.52. The number of pyridine rings is 1. The van der Waals surface area contributed by atoms with E-state index in [2.05, 4.69) is 4.98 Å². The molecule has 4 heteroatoms. The molecule has 1 rings (SSSR count). The number of hydrogen-bond donors (Lipinski definition) is 2. The van der Waals surface area contributed by atoms with Crippen LogP contribution in [0.25, 0.3) is 6.08 Å². The van der Waals surface area contributed by atoms with Gasteiger partial charge in [0.05, 0.1) is 5.69 Å². The molecular weight excluding hydrogens is 154 g/mol. The molecule has 0 saturated carbocycles. The second-order valence-electron chi connectivity index (χ2n) is 2.10. The van der Waals surface area contributed by atoms with Crippen molar-refractivity contribution in [3.05, 3.63) is 36.2 Å². The highest BCUT2D eigenvalue weighted by Gasteiger charge is 1.89. The van der Waals surface area contributed by atoms with Crippen LogP contribution in [0.5, 0.6) is 0 Å². The molecule has 0 atom stereocenters. The summed E-state index contributed by atoms with van der Waals surface area (Å²) in [6.45, 7) is 0. The molecule has 12 heavy (non-hydrogen) atoms.